The Balaban J connectivity index is 2.87. The molecule has 1 aliphatic rings. The van der Waals surface area contributed by atoms with Crippen molar-refractivity contribution in [3.63, 3.8) is 0 Å². The van der Waals surface area contributed by atoms with Crippen LogP contribution in [0.5, 0.6) is 0 Å². The third kappa shape index (κ3) is 4.19. The number of ether oxygens (including phenoxy) is 1. The molecule has 0 atom stereocenters. The van der Waals surface area contributed by atoms with Crippen molar-refractivity contribution in [2.75, 3.05) is 26.3 Å². The summed E-state index contributed by atoms with van der Waals surface area (Å²) in [5.74, 6) is 0. The van der Waals surface area contributed by atoms with Crippen molar-refractivity contribution >= 4 is 0 Å². The average Bonchev–Trinajstić information content (AvgIpc) is 2.25. The van der Waals surface area contributed by atoms with Crippen molar-refractivity contribution < 1.29 is 14.6 Å². The summed E-state index contributed by atoms with van der Waals surface area (Å²) >= 11 is 0. The van der Waals surface area contributed by atoms with Crippen molar-refractivity contribution in [2.24, 2.45) is 0 Å². The van der Waals surface area contributed by atoms with Crippen LogP contribution in [0.1, 0.15) is 6.92 Å². The highest BCUT2D eigenvalue weighted by atomic mass is 16.6. The van der Waals surface area contributed by atoms with Crippen molar-refractivity contribution in [2.45, 2.75) is 6.92 Å². The first-order valence-electron chi connectivity index (χ1n) is 5.01. The van der Waals surface area contributed by atoms with Crippen molar-refractivity contribution in [3.8, 4) is 0 Å². The van der Waals surface area contributed by atoms with Gasteiger partial charge in [-0.15, -0.1) is 0 Å². The summed E-state index contributed by atoms with van der Waals surface area (Å²) < 4.78 is 5.10. The van der Waals surface area contributed by atoms with E-state index in [9.17, 15) is 20.2 Å². The molecule has 0 aromatic carbocycles. The normalized spacial score (nSPS) is 18.1. The Kier molecular flexibility index (Phi) is 4.58. The first kappa shape index (κ1) is 13.1. The second-order valence-electron chi connectivity index (χ2n) is 3.52. The van der Waals surface area contributed by atoms with Gasteiger partial charge in [0.2, 0.25) is 6.20 Å². The Morgan fingerprint density at radius 1 is 1.29 bits per heavy atom. The molecule has 94 valence electrons. The molecule has 17 heavy (non-hydrogen) atoms. The van der Waals surface area contributed by atoms with Crippen LogP contribution in [0.2, 0.25) is 0 Å². The SMILES string of the molecule is CC(=C\[N+](=O)[O-])/C(=C/N1CCOCC1)[N+](=O)[O-]. The predicted molar refractivity (Wildman–Crippen MR) is 58.2 cm³/mol. The standard InChI is InChI=1S/C9H13N3O5/c1-8(6-11(13)14)9(12(15)16)7-10-2-4-17-5-3-10/h6-7H,2-5H2,1H3/b8-6+,9-7-. The zero-order valence-electron chi connectivity index (χ0n) is 9.37. The van der Waals surface area contributed by atoms with E-state index in [2.05, 4.69) is 0 Å². The van der Waals surface area contributed by atoms with Gasteiger partial charge in [0.1, 0.15) is 0 Å². The summed E-state index contributed by atoms with van der Waals surface area (Å²) in [6.45, 7) is 3.43. The average molecular weight is 243 g/mol. The maximum Gasteiger partial charge on any atom is 0.294 e. The number of nitrogens with zero attached hydrogens (tertiary/aromatic N) is 3. The van der Waals surface area contributed by atoms with Crippen LogP contribution in [0.25, 0.3) is 0 Å². The Morgan fingerprint density at radius 3 is 2.35 bits per heavy atom. The number of hydrogen-bond acceptors (Lipinski definition) is 6. The molecule has 0 aromatic heterocycles. The topological polar surface area (TPSA) is 98.8 Å². The molecule has 0 aliphatic carbocycles. The Bertz CT molecular complexity index is 371. The van der Waals surface area contributed by atoms with Crippen LogP contribution in [0.15, 0.2) is 23.7 Å². The summed E-state index contributed by atoms with van der Waals surface area (Å²) in [6, 6.07) is 0. The van der Waals surface area contributed by atoms with Crippen LogP contribution in [0.4, 0.5) is 0 Å². The lowest BCUT2D eigenvalue weighted by molar-refractivity contribution is -0.427. The summed E-state index contributed by atoms with van der Waals surface area (Å²) in [6.07, 6.45) is 1.97. The molecule has 8 nitrogen and oxygen atoms in total. The van der Waals surface area contributed by atoms with E-state index in [1.54, 1.807) is 4.90 Å². The Labute approximate surface area is 97.5 Å². The molecular weight excluding hydrogens is 230 g/mol. The van der Waals surface area contributed by atoms with E-state index in [0.717, 1.165) is 0 Å². The minimum atomic E-state index is -0.702. The smallest absolute Gasteiger partial charge is 0.294 e. The third-order valence-corrected chi connectivity index (χ3v) is 2.25. The predicted octanol–water partition coefficient (Wildman–Crippen LogP) is 0.617. The second-order valence-corrected chi connectivity index (χ2v) is 3.52. The number of allylic oxidation sites excluding steroid dienone is 1. The Hall–Kier alpha value is -1.96. The van der Waals surface area contributed by atoms with Gasteiger partial charge in [0.05, 0.1) is 34.8 Å². The molecule has 8 heteroatoms. The quantitative estimate of drug-likeness (QED) is 0.407. The largest absolute Gasteiger partial charge is 0.378 e. The van der Waals surface area contributed by atoms with E-state index in [-0.39, 0.29) is 11.3 Å². The minimum Gasteiger partial charge on any atom is -0.378 e. The van der Waals surface area contributed by atoms with Gasteiger partial charge in [-0.05, 0) is 6.92 Å². The fourth-order valence-electron chi connectivity index (χ4n) is 1.40. The number of nitro groups is 2. The zero-order chi connectivity index (χ0) is 12.8. The highest BCUT2D eigenvalue weighted by molar-refractivity contribution is 5.20. The molecule has 1 aliphatic heterocycles. The lowest BCUT2D eigenvalue weighted by Crippen LogP contribution is -2.33. The number of morpholine rings is 1. The van der Waals surface area contributed by atoms with Crippen molar-refractivity contribution in [1.29, 1.82) is 0 Å². The molecule has 0 aromatic rings. The number of hydrogen-bond donors (Lipinski definition) is 0. The first-order chi connectivity index (χ1) is 8.00. The van der Waals surface area contributed by atoms with Crippen LogP contribution >= 0.6 is 0 Å². The molecule has 1 fully saturated rings. The molecule has 0 N–H and O–H groups in total. The lowest BCUT2D eigenvalue weighted by Gasteiger charge is -2.24. The van der Waals surface area contributed by atoms with Crippen molar-refractivity contribution in [1.82, 2.24) is 4.90 Å². The summed E-state index contributed by atoms with van der Waals surface area (Å²) in [4.78, 5) is 21.5. The summed E-state index contributed by atoms with van der Waals surface area (Å²) in [5.41, 5.74) is -0.241. The van der Waals surface area contributed by atoms with E-state index in [0.29, 0.717) is 32.5 Å². The van der Waals surface area contributed by atoms with Gasteiger partial charge >= 0.3 is 0 Å². The van der Waals surface area contributed by atoms with Gasteiger partial charge in [-0.3, -0.25) is 20.2 Å². The molecule has 0 spiro atoms. The van der Waals surface area contributed by atoms with Crippen LogP contribution in [0.3, 0.4) is 0 Å². The fourth-order valence-corrected chi connectivity index (χ4v) is 1.40. The molecule has 1 heterocycles. The van der Waals surface area contributed by atoms with Crippen LogP contribution in [-0.2, 0) is 4.74 Å². The Morgan fingerprint density at radius 2 is 1.88 bits per heavy atom. The summed E-state index contributed by atoms with van der Waals surface area (Å²) in [7, 11) is 0. The van der Waals surface area contributed by atoms with Crippen molar-refractivity contribution in [3.05, 3.63) is 43.9 Å². The van der Waals surface area contributed by atoms with Crippen LogP contribution in [-0.4, -0.2) is 41.0 Å². The maximum atomic E-state index is 10.8. The molecule has 0 unspecified atom stereocenters. The van der Waals surface area contributed by atoms with Gasteiger partial charge in [-0.1, -0.05) is 0 Å². The molecule has 1 saturated heterocycles. The van der Waals surface area contributed by atoms with Gasteiger partial charge in [0.25, 0.3) is 5.70 Å². The molecule has 1 rings (SSSR count). The first-order valence-corrected chi connectivity index (χ1v) is 5.01. The van der Waals surface area contributed by atoms with Gasteiger partial charge < -0.3 is 9.64 Å². The second kappa shape index (κ2) is 5.94. The lowest BCUT2D eigenvalue weighted by atomic mass is 10.2. The molecular formula is C9H13N3O5. The van der Waals surface area contributed by atoms with E-state index in [1.165, 1.54) is 13.1 Å². The van der Waals surface area contributed by atoms with Crippen LogP contribution in [0, 0.1) is 20.2 Å². The van der Waals surface area contributed by atoms with E-state index in [1.807, 2.05) is 0 Å². The summed E-state index contributed by atoms with van der Waals surface area (Å²) in [5, 5.41) is 21.1. The van der Waals surface area contributed by atoms with Crippen LogP contribution < -0.4 is 0 Å². The minimum absolute atomic E-state index is 0.0199. The molecule has 0 saturated carbocycles. The number of rotatable bonds is 4. The van der Waals surface area contributed by atoms with E-state index < -0.39 is 9.85 Å². The van der Waals surface area contributed by atoms with Gasteiger partial charge in [0.15, 0.2) is 0 Å². The van der Waals surface area contributed by atoms with Gasteiger partial charge in [-0.2, -0.15) is 0 Å². The third-order valence-electron chi connectivity index (χ3n) is 2.25. The zero-order valence-corrected chi connectivity index (χ0v) is 9.37. The highest BCUT2D eigenvalue weighted by Crippen LogP contribution is 2.12. The maximum absolute atomic E-state index is 10.8. The molecule has 0 amide bonds. The fraction of sp³-hybridized carbons (Fsp3) is 0.556. The molecule has 0 radical (unpaired) electrons. The molecule has 0 bridgehead atoms. The monoisotopic (exact) mass is 243 g/mol. The van der Waals surface area contributed by atoms with Gasteiger partial charge in [-0.25, -0.2) is 0 Å². The van der Waals surface area contributed by atoms with E-state index in [4.69, 9.17) is 4.74 Å². The highest BCUT2D eigenvalue weighted by Gasteiger charge is 2.19. The van der Waals surface area contributed by atoms with E-state index >= 15 is 0 Å². The van der Waals surface area contributed by atoms with Gasteiger partial charge in [0, 0.05) is 13.1 Å².